The fourth-order valence-electron chi connectivity index (χ4n) is 6.66. The number of likely N-dealkylation sites (tertiary alicyclic amines) is 1. The Bertz CT molecular complexity index is 1990. The summed E-state index contributed by atoms with van der Waals surface area (Å²) in [5.74, 6) is 1.26. The Morgan fingerprint density at radius 3 is 2.65 bits per heavy atom. The number of ether oxygens (including phenoxy) is 1. The maximum absolute atomic E-state index is 12.9. The fraction of sp³-hybridized carbons (Fsp3) is 0.361. The van der Waals surface area contributed by atoms with Gasteiger partial charge in [0.15, 0.2) is 11.7 Å². The highest BCUT2D eigenvalue weighted by Crippen LogP contribution is 2.37. The van der Waals surface area contributed by atoms with Gasteiger partial charge in [0.1, 0.15) is 28.1 Å². The number of hydrogen-bond donors (Lipinski definition) is 4. The van der Waals surface area contributed by atoms with E-state index in [1.54, 1.807) is 30.3 Å². The van der Waals surface area contributed by atoms with Crippen LogP contribution in [-0.2, 0) is 14.4 Å². The molecule has 16 heteroatoms. The molecule has 3 fully saturated rings. The molecule has 2 unspecified atom stereocenters. The first-order valence-electron chi connectivity index (χ1n) is 17.1. The van der Waals surface area contributed by atoms with Crippen molar-refractivity contribution in [3.05, 3.63) is 81.6 Å². The van der Waals surface area contributed by atoms with E-state index in [4.69, 9.17) is 16.3 Å². The number of piperazine rings is 1. The highest BCUT2D eigenvalue weighted by molar-refractivity contribution is 7.17. The highest BCUT2D eigenvalue weighted by atomic mass is 35.5. The normalized spacial score (nSPS) is 19.5. The lowest BCUT2D eigenvalue weighted by Crippen LogP contribution is -2.79. The number of nitrogens with one attached hydrogen (secondary N) is 4. The van der Waals surface area contributed by atoms with Crippen molar-refractivity contribution in [2.75, 3.05) is 48.3 Å². The number of hydrogen-bond acceptors (Lipinski definition) is 12. The number of amides is 4. The van der Waals surface area contributed by atoms with Crippen LogP contribution < -0.4 is 30.9 Å². The first-order valence-corrected chi connectivity index (χ1v) is 18.3. The van der Waals surface area contributed by atoms with E-state index in [0.29, 0.717) is 69.6 Å². The smallest absolute Gasteiger partial charge is 0.267 e. The molecule has 52 heavy (non-hydrogen) atoms. The minimum Gasteiger partial charge on any atom is -0.484 e. The molecule has 7 rings (SSSR count). The van der Waals surface area contributed by atoms with Gasteiger partial charge in [0.05, 0.1) is 28.9 Å². The lowest BCUT2D eigenvalue weighted by molar-refractivity contribution is -0.134. The van der Waals surface area contributed by atoms with Crippen LogP contribution in [0, 0.1) is 13.8 Å². The number of thiazole rings is 1. The number of benzene rings is 2. The van der Waals surface area contributed by atoms with Gasteiger partial charge in [-0.15, -0.1) is 0 Å². The van der Waals surface area contributed by atoms with Crippen molar-refractivity contribution in [1.29, 1.82) is 0 Å². The Morgan fingerprint density at radius 1 is 1.08 bits per heavy atom. The van der Waals surface area contributed by atoms with E-state index in [-0.39, 0.29) is 36.2 Å². The number of piperidine rings is 1. The highest BCUT2D eigenvalue weighted by Gasteiger charge is 2.51. The number of carbonyl (C=O) groups excluding carboxylic acids is 4. The van der Waals surface area contributed by atoms with E-state index in [2.05, 4.69) is 46.0 Å². The molecule has 2 aromatic heterocycles. The van der Waals surface area contributed by atoms with Crippen LogP contribution in [0.1, 0.15) is 51.8 Å². The van der Waals surface area contributed by atoms with Gasteiger partial charge in [-0.25, -0.2) is 15.0 Å². The number of aryl methyl sites for hydroxylation is 2. The predicted molar refractivity (Wildman–Crippen MR) is 197 cm³/mol. The number of fused-ring (bicyclic) bond motifs is 1. The lowest BCUT2D eigenvalue weighted by Gasteiger charge is -2.62. The van der Waals surface area contributed by atoms with Gasteiger partial charge >= 0.3 is 0 Å². The van der Waals surface area contributed by atoms with E-state index in [9.17, 15) is 19.2 Å². The first-order chi connectivity index (χ1) is 25.1. The molecule has 270 valence electrons. The van der Waals surface area contributed by atoms with Gasteiger partial charge in [-0.1, -0.05) is 47.2 Å². The third kappa shape index (κ3) is 7.86. The molecular formula is C36H38ClN9O5S. The topological polar surface area (TPSA) is 171 Å². The Morgan fingerprint density at radius 2 is 1.90 bits per heavy atom. The SMILES string of the molecule is Cc1nc(Nc2ncc(C(=O)Nc3c(C)cccc3Cl)s2)cc(N2CC3[C@@H]2CN3CCCNC(=O)COc2ccc(C3CCC(=O)NC3=O)cc2)n1. The molecule has 0 bridgehead atoms. The molecule has 4 aromatic rings. The Labute approximate surface area is 309 Å². The molecule has 4 amide bonds. The Hall–Kier alpha value is -5.12. The molecule has 3 atom stereocenters. The number of nitrogens with zero attached hydrogens (tertiary/aromatic N) is 5. The van der Waals surface area contributed by atoms with Crippen molar-refractivity contribution in [2.45, 2.75) is 51.1 Å². The van der Waals surface area contributed by atoms with Gasteiger partial charge in [0.2, 0.25) is 11.8 Å². The van der Waals surface area contributed by atoms with Crippen molar-refractivity contribution in [3.8, 4) is 5.75 Å². The standard InChI is InChI=1S/C36H38ClN9O5S/c1-20-5-3-6-25(37)33(20)44-35(50)28-16-39-36(52-28)42-29-15-30(41-21(2)40-29)46-18-26-27(46)17-45(26)14-4-13-38-32(48)19-51-23-9-7-22(8-10-23)24-11-12-31(47)43-34(24)49/h3,5-10,15-16,24,26-27H,4,11-14,17-19H2,1-2H3,(H,38,48)(H,44,50)(H,43,47,49)(H,39,40,41,42)/t24?,26?,27-/m0/s1. The van der Waals surface area contributed by atoms with Crippen LogP contribution in [0.5, 0.6) is 5.75 Å². The fourth-order valence-corrected chi connectivity index (χ4v) is 7.65. The quantitative estimate of drug-likeness (QED) is 0.114. The number of aromatic nitrogens is 3. The molecule has 2 aromatic carbocycles. The van der Waals surface area contributed by atoms with E-state index in [0.717, 1.165) is 43.0 Å². The number of halogens is 1. The largest absolute Gasteiger partial charge is 0.484 e. The molecule has 14 nitrogen and oxygen atoms in total. The summed E-state index contributed by atoms with van der Waals surface area (Å²) >= 11 is 7.50. The maximum Gasteiger partial charge on any atom is 0.267 e. The maximum atomic E-state index is 12.9. The third-order valence-electron chi connectivity index (χ3n) is 9.50. The summed E-state index contributed by atoms with van der Waals surface area (Å²) < 4.78 is 5.63. The van der Waals surface area contributed by atoms with E-state index in [1.807, 2.05) is 32.0 Å². The van der Waals surface area contributed by atoms with Gasteiger partial charge in [0, 0.05) is 44.7 Å². The van der Waals surface area contributed by atoms with Crippen LogP contribution in [0.2, 0.25) is 5.02 Å². The second kappa shape index (κ2) is 15.2. The molecule has 3 aliphatic heterocycles. The summed E-state index contributed by atoms with van der Waals surface area (Å²) in [6.07, 6.45) is 3.15. The number of rotatable bonds is 13. The third-order valence-corrected chi connectivity index (χ3v) is 10.7. The average Bonchev–Trinajstić information content (AvgIpc) is 3.57. The monoisotopic (exact) mass is 743 g/mol. The molecule has 0 saturated carbocycles. The molecule has 3 aliphatic rings. The zero-order chi connectivity index (χ0) is 36.4. The van der Waals surface area contributed by atoms with E-state index >= 15 is 0 Å². The number of imide groups is 1. The van der Waals surface area contributed by atoms with Crippen LogP contribution in [-0.4, -0.2) is 88.4 Å². The summed E-state index contributed by atoms with van der Waals surface area (Å²) in [5.41, 5.74) is 2.27. The van der Waals surface area contributed by atoms with Crippen molar-refractivity contribution < 1.29 is 23.9 Å². The van der Waals surface area contributed by atoms with Gasteiger partial charge in [-0.05, 0) is 56.0 Å². The molecule has 0 aliphatic carbocycles. The minimum atomic E-state index is -0.356. The molecule has 4 N–H and O–H groups in total. The number of anilines is 4. The van der Waals surface area contributed by atoms with Crippen LogP contribution >= 0.6 is 22.9 Å². The zero-order valence-corrected chi connectivity index (χ0v) is 30.2. The van der Waals surface area contributed by atoms with Crippen molar-refractivity contribution >= 4 is 69.0 Å². The van der Waals surface area contributed by atoms with Crippen LogP contribution in [0.15, 0.2) is 54.7 Å². The molecule has 5 heterocycles. The zero-order valence-electron chi connectivity index (χ0n) is 28.6. The Balaban J connectivity index is 0.817. The lowest BCUT2D eigenvalue weighted by atomic mass is 9.85. The summed E-state index contributed by atoms with van der Waals surface area (Å²) in [4.78, 5) is 67.5. The van der Waals surface area contributed by atoms with Gasteiger partial charge in [-0.3, -0.25) is 29.4 Å². The van der Waals surface area contributed by atoms with Crippen molar-refractivity contribution in [2.24, 2.45) is 0 Å². The van der Waals surface area contributed by atoms with Crippen LogP contribution in [0.3, 0.4) is 0 Å². The summed E-state index contributed by atoms with van der Waals surface area (Å²) in [7, 11) is 0. The van der Waals surface area contributed by atoms with Crippen LogP contribution in [0.4, 0.5) is 22.5 Å². The average molecular weight is 744 g/mol. The van der Waals surface area contributed by atoms with Crippen molar-refractivity contribution in [3.63, 3.8) is 0 Å². The number of para-hydroxylation sites is 1. The summed E-state index contributed by atoms with van der Waals surface area (Å²) in [5, 5.41) is 12.4. The molecular weight excluding hydrogens is 706 g/mol. The summed E-state index contributed by atoms with van der Waals surface area (Å²) in [6.45, 7) is 6.84. The van der Waals surface area contributed by atoms with Crippen molar-refractivity contribution in [1.82, 2.24) is 30.5 Å². The summed E-state index contributed by atoms with van der Waals surface area (Å²) in [6, 6.07) is 15.2. The molecule has 3 saturated heterocycles. The van der Waals surface area contributed by atoms with Gasteiger partial charge in [-0.2, -0.15) is 0 Å². The molecule has 0 radical (unpaired) electrons. The minimum absolute atomic E-state index is 0.0985. The number of carbonyl (C=O) groups is 4. The first kappa shape index (κ1) is 35.3. The van der Waals surface area contributed by atoms with E-state index in [1.165, 1.54) is 17.5 Å². The van der Waals surface area contributed by atoms with Gasteiger partial charge in [0.25, 0.3) is 11.8 Å². The second-order valence-corrected chi connectivity index (χ2v) is 14.5. The Kier molecular flexibility index (Phi) is 10.3. The van der Waals surface area contributed by atoms with Gasteiger partial charge < -0.3 is 25.6 Å². The second-order valence-electron chi connectivity index (χ2n) is 13.0. The molecule has 0 spiro atoms. The van der Waals surface area contributed by atoms with E-state index < -0.39 is 0 Å². The van der Waals surface area contributed by atoms with Crippen LogP contribution in [0.25, 0.3) is 0 Å². The predicted octanol–water partition coefficient (Wildman–Crippen LogP) is 4.18.